The summed E-state index contributed by atoms with van der Waals surface area (Å²) in [6.45, 7) is 4.16. The molecule has 0 aliphatic rings. The average Bonchev–Trinajstić information content (AvgIpc) is 3.11. The molecule has 0 spiro atoms. The second-order valence-corrected chi connectivity index (χ2v) is 11.8. The van der Waals surface area contributed by atoms with E-state index in [1.54, 1.807) is 19.4 Å². The number of hydrogen-bond acceptors (Lipinski definition) is 8. The number of halogens is 1. The van der Waals surface area contributed by atoms with E-state index in [0.29, 0.717) is 22.4 Å². The van der Waals surface area contributed by atoms with Crippen molar-refractivity contribution in [2.45, 2.75) is 13.8 Å². The van der Waals surface area contributed by atoms with Crippen molar-refractivity contribution in [3.05, 3.63) is 124 Å². The molecule has 0 aliphatic heterocycles. The second kappa shape index (κ2) is 12.7. The Balaban J connectivity index is 0.000000152. The van der Waals surface area contributed by atoms with Crippen molar-refractivity contribution >= 4 is 66.8 Å². The first-order valence-corrected chi connectivity index (χ1v) is 15.8. The number of H-pyrrole nitrogens is 1. The minimum Gasteiger partial charge on any atom is -0.357 e. The molecule has 0 fully saturated rings. The number of benzene rings is 4. The van der Waals surface area contributed by atoms with Gasteiger partial charge in [-0.1, -0.05) is 41.9 Å². The number of aromatic nitrogens is 6. The molecule has 8 aromatic rings. The van der Waals surface area contributed by atoms with Crippen LogP contribution < -0.4 is 16.2 Å². The van der Waals surface area contributed by atoms with Crippen LogP contribution in [-0.2, 0) is 0 Å². The fourth-order valence-corrected chi connectivity index (χ4v) is 6.31. The molecule has 0 saturated heterocycles. The van der Waals surface area contributed by atoms with Gasteiger partial charge in [-0.2, -0.15) is 0 Å². The first-order valence-electron chi connectivity index (χ1n) is 15.4. The molecule has 4 aromatic carbocycles. The number of nitrogens with one attached hydrogen (secondary N) is 3. The molecule has 4 heterocycles. The highest BCUT2D eigenvalue weighted by Crippen LogP contribution is 2.36. The lowest BCUT2D eigenvalue weighted by Gasteiger charge is -2.12. The Kier molecular flexibility index (Phi) is 8.12. The van der Waals surface area contributed by atoms with E-state index in [0.717, 1.165) is 65.8 Å². The van der Waals surface area contributed by atoms with Crippen LogP contribution in [0.1, 0.15) is 11.1 Å². The Hall–Kier alpha value is -5.93. The maximum atomic E-state index is 12.1. The third-order valence-corrected chi connectivity index (χ3v) is 8.75. The molecule has 0 unspecified atom stereocenters. The van der Waals surface area contributed by atoms with Gasteiger partial charge in [0.1, 0.15) is 5.15 Å². The first-order chi connectivity index (χ1) is 23.3. The van der Waals surface area contributed by atoms with E-state index in [1.165, 1.54) is 5.56 Å². The molecule has 0 atom stereocenters. The van der Waals surface area contributed by atoms with Crippen molar-refractivity contribution in [2.24, 2.45) is 0 Å². The summed E-state index contributed by atoms with van der Waals surface area (Å²) < 4.78 is 0. The molecular weight excluding hydrogens is 620 g/mol. The fraction of sp³-hybridized carbons (Fsp3) is 0.105. The van der Waals surface area contributed by atoms with E-state index in [1.807, 2.05) is 68.0 Å². The molecule has 0 bridgehead atoms. The Morgan fingerprint density at radius 3 is 1.73 bits per heavy atom. The lowest BCUT2D eigenvalue weighted by atomic mass is 9.94. The Morgan fingerprint density at radius 1 is 0.625 bits per heavy atom. The van der Waals surface area contributed by atoms with E-state index in [9.17, 15) is 4.79 Å². The van der Waals surface area contributed by atoms with Crippen LogP contribution in [0, 0.1) is 13.8 Å². The zero-order valence-corrected chi connectivity index (χ0v) is 27.5. The van der Waals surface area contributed by atoms with Gasteiger partial charge in [0.15, 0.2) is 0 Å². The summed E-state index contributed by atoms with van der Waals surface area (Å²) in [7, 11) is 3.61. The number of fused-ring (bicyclic) bond motifs is 4. The van der Waals surface area contributed by atoms with E-state index in [4.69, 9.17) is 11.6 Å². The molecule has 10 heteroatoms. The van der Waals surface area contributed by atoms with E-state index in [-0.39, 0.29) is 5.56 Å². The summed E-state index contributed by atoms with van der Waals surface area (Å²) >= 11 is 6.26. The van der Waals surface area contributed by atoms with Gasteiger partial charge in [0.05, 0.1) is 11.0 Å². The highest BCUT2D eigenvalue weighted by Gasteiger charge is 2.12. The normalized spacial score (nSPS) is 11.1. The van der Waals surface area contributed by atoms with Crippen LogP contribution in [0.2, 0.25) is 5.15 Å². The second-order valence-electron chi connectivity index (χ2n) is 11.4. The van der Waals surface area contributed by atoms with Gasteiger partial charge in [-0.05, 0) is 100 Å². The zero-order valence-electron chi connectivity index (χ0n) is 26.8. The van der Waals surface area contributed by atoms with Gasteiger partial charge in [-0.3, -0.25) is 4.79 Å². The van der Waals surface area contributed by atoms with Gasteiger partial charge in [-0.15, -0.1) is 0 Å². The van der Waals surface area contributed by atoms with Crippen molar-refractivity contribution < 1.29 is 0 Å². The highest BCUT2D eigenvalue weighted by atomic mass is 35.5. The maximum Gasteiger partial charge on any atom is 0.255 e. The van der Waals surface area contributed by atoms with Crippen LogP contribution in [0.25, 0.3) is 65.6 Å². The van der Waals surface area contributed by atoms with Crippen LogP contribution in [0.4, 0.5) is 11.9 Å². The van der Waals surface area contributed by atoms with Crippen molar-refractivity contribution in [3.63, 3.8) is 0 Å². The molecule has 0 amide bonds. The minimum absolute atomic E-state index is 0.0727. The van der Waals surface area contributed by atoms with E-state index < -0.39 is 0 Å². The molecule has 4 aromatic heterocycles. The van der Waals surface area contributed by atoms with Crippen molar-refractivity contribution in [1.29, 1.82) is 0 Å². The molecule has 9 nitrogen and oxygen atoms in total. The van der Waals surface area contributed by atoms with Crippen LogP contribution in [0.3, 0.4) is 0 Å². The molecular formula is C38H31ClN8O. The molecule has 48 heavy (non-hydrogen) atoms. The summed E-state index contributed by atoms with van der Waals surface area (Å²) in [5.74, 6) is 1.22. The number of hydrogen-bond donors (Lipinski definition) is 3. The smallest absolute Gasteiger partial charge is 0.255 e. The SMILES string of the molecule is CNc1ncc2cc(-c3c(C)ccc4c(=O)[nH]ccc34)ccc2n1.CNc1ncc2cc(-c3c(C)ccc4c(Cl)nccc34)ccc2n1. The average molecular weight is 651 g/mol. The fourth-order valence-electron chi connectivity index (χ4n) is 6.09. The van der Waals surface area contributed by atoms with Crippen molar-refractivity contribution in [3.8, 4) is 22.3 Å². The van der Waals surface area contributed by atoms with Gasteiger partial charge >= 0.3 is 0 Å². The topological polar surface area (TPSA) is 121 Å². The lowest BCUT2D eigenvalue weighted by molar-refractivity contribution is 1.19. The van der Waals surface area contributed by atoms with Gasteiger partial charge in [-0.25, -0.2) is 24.9 Å². The summed E-state index contributed by atoms with van der Waals surface area (Å²) in [6, 6.07) is 24.2. The van der Waals surface area contributed by atoms with Crippen LogP contribution in [0.15, 0.2) is 102 Å². The Bertz CT molecular complexity index is 2570. The standard InChI is InChI=1S/C19H15ClN4.C19H16N4O/c1-11-3-5-15-14(7-8-22-18(15)20)17(11)12-4-6-16-13(9-12)10-23-19(21-2)24-16;1-11-3-5-15-14(7-8-21-18(15)24)17(11)12-4-6-16-13(9-12)10-22-19(20-2)23-16/h3-10H,1-2H3,(H,21,23,24);3-10H,1-2H3,(H,21,24)(H,20,22,23). The largest absolute Gasteiger partial charge is 0.357 e. The summed E-state index contributed by atoms with van der Waals surface area (Å²) in [5, 5.41) is 12.1. The van der Waals surface area contributed by atoms with Crippen LogP contribution >= 0.6 is 11.6 Å². The third kappa shape index (κ3) is 5.65. The maximum absolute atomic E-state index is 12.1. The van der Waals surface area contributed by atoms with E-state index >= 15 is 0 Å². The number of anilines is 2. The number of nitrogens with zero attached hydrogens (tertiary/aromatic N) is 5. The summed E-state index contributed by atoms with van der Waals surface area (Å²) in [4.78, 5) is 36.5. The summed E-state index contributed by atoms with van der Waals surface area (Å²) in [6.07, 6.45) is 7.09. The first kappa shape index (κ1) is 30.7. The van der Waals surface area contributed by atoms with Gasteiger partial charge in [0.2, 0.25) is 11.9 Å². The van der Waals surface area contributed by atoms with Crippen LogP contribution in [-0.4, -0.2) is 44.0 Å². The molecule has 3 N–H and O–H groups in total. The molecule has 0 radical (unpaired) electrons. The zero-order chi connectivity index (χ0) is 33.4. The van der Waals surface area contributed by atoms with Crippen molar-refractivity contribution in [2.75, 3.05) is 24.7 Å². The molecule has 8 rings (SSSR count). The van der Waals surface area contributed by atoms with Gasteiger partial charge in [0, 0.05) is 60.4 Å². The Labute approximate surface area is 281 Å². The minimum atomic E-state index is -0.0727. The number of aryl methyl sites for hydroxylation is 2. The third-order valence-electron chi connectivity index (χ3n) is 8.45. The predicted molar refractivity (Wildman–Crippen MR) is 197 cm³/mol. The van der Waals surface area contributed by atoms with Crippen molar-refractivity contribution in [1.82, 2.24) is 29.9 Å². The highest BCUT2D eigenvalue weighted by molar-refractivity contribution is 6.34. The number of aromatic amines is 1. The molecule has 236 valence electrons. The summed E-state index contributed by atoms with van der Waals surface area (Å²) in [5.41, 5.74) is 8.44. The number of pyridine rings is 2. The van der Waals surface area contributed by atoms with Gasteiger partial charge in [0.25, 0.3) is 5.56 Å². The lowest BCUT2D eigenvalue weighted by Crippen LogP contribution is -2.05. The molecule has 0 aliphatic carbocycles. The van der Waals surface area contributed by atoms with Crippen LogP contribution in [0.5, 0.6) is 0 Å². The Morgan fingerprint density at radius 2 is 1.17 bits per heavy atom. The number of rotatable bonds is 4. The van der Waals surface area contributed by atoms with E-state index in [2.05, 4.69) is 78.7 Å². The monoisotopic (exact) mass is 650 g/mol. The predicted octanol–water partition coefficient (Wildman–Crippen LogP) is 8.34. The molecule has 0 saturated carbocycles. The quantitative estimate of drug-likeness (QED) is 0.163. The van der Waals surface area contributed by atoms with Gasteiger partial charge < -0.3 is 15.6 Å².